The lowest BCUT2D eigenvalue weighted by Crippen LogP contribution is -2.37. The normalized spacial score (nSPS) is 17.8. The van der Waals surface area contributed by atoms with Crippen LogP contribution in [0.15, 0.2) is 48.5 Å². The van der Waals surface area contributed by atoms with Crippen LogP contribution in [0.5, 0.6) is 11.5 Å². The van der Waals surface area contributed by atoms with E-state index in [2.05, 4.69) is 4.90 Å². The Morgan fingerprint density at radius 2 is 1.74 bits per heavy atom. The SMILES string of the molecule is COc1ccc(OCC2CCCN(c3ccc(F)cc3)C2)cc1. The van der Waals surface area contributed by atoms with Crippen LogP contribution < -0.4 is 14.4 Å². The number of hydrogen-bond donors (Lipinski definition) is 0. The van der Waals surface area contributed by atoms with Gasteiger partial charge in [-0.1, -0.05) is 0 Å². The van der Waals surface area contributed by atoms with Gasteiger partial charge in [-0.15, -0.1) is 0 Å². The first kappa shape index (κ1) is 15.7. The third-order valence-electron chi connectivity index (χ3n) is 4.26. The van der Waals surface area contributed by atoms with Crippen LogP contribution in [-0.2, 0) is 0 Å². The van der Waals surface area contributed by atoms with Crippen molar-refractivity contribution < 1.29 is 13.9 Å². The molecule has 2 aromatic rings. The second kappa shape index (κ2) is 7.36. The van der Waals surface area contributed by atoms with Gasteiger partial charge in [0, 0.05) is 24.7 Å². The van der Waals surface area contributed by atoms with E-state index in [-0.39, 0.29) is 5.82 Å². The third-order valence-corrected chi connectivity index (χ3v) is 4.26. The van der Waals surface area contributed by atoms with Crippen LogP contribution in [0.3, 0.4) is 0 Å². The largest absolute Gasteiger partial charge is 0.497 e. The van der Waals surface area contributed by atoms with Crippen LogP contribution in [0, 0.1) is 11.7 Å². The van der Waals surface area contributed by atoms with Gasteiger partial charge in [0.15, 0.2) is 0 Å². The number of piperidine rings is 1. The number of rotatable bonds is 5. The van der Waals surface area contributed by atoms with Gasteiger partial charge in [0.05, 0.1) is 13.7 Å². The van der Waals surface area contributed by atoms with Gasteiger partial charge < -0.3 is 14.4 Å². The van der Waals surface area contributed by atoms with Crippen molar-refractivity contribution in [3.05, 3.63) is 54.3 Å². The summed E-state index contributed by atoms with van der Waals surface area (Å²) >= 11 is 0. The van der Waals surface area contributed by atoms with Crippen LogP contribution in [0.4, 0.5) is 10.1 Å². The number of anilines is 1. The minimum atomic E-state index is -0.190. The van der Waals surface area contributed by atoms with E-state index in [1.165, 1.54) is 12.1 Å². The first-order valence-corrected chi connectivity index (χ1v) is 8.02. The highest BCUT2D eigenvalue weighted by Gasteiger charge is 2.20. The molecule has 0 aromatic heterocycles. The lowest BCUT2D eigenvalue weighted by Gasteiger charge is -2.34. The molecule has 1 fully saturated rings. The number of benzene rings is 2. The molecule has 0 bridgehead atoms. The van der Waals surface area contributed by atoms with Gasteiger partial charge in [0.1, 0.15) is 17.3 Å². The Hall–Kier alpha value is -2.23. The Bertz CT molecular complexity index is 612. The molecule has 1 atom stereocenters. The van der Waals surface area contributed by atoms with Gasteiger partial charge in [-0.05, 0) is 61.4 Å². The van der Waals surface area contributed by atoms with E-state index in [4.69, 9.17) is 9.47 Å². The quantitative estimate of drug-likeness (QED) is 0.828. The van der Waals surface area contributed by atoms with Crippen LogP contribution in [-0.4, -0.2) is 26.8 Å². The van der Waals surface area contributed by atoms with Crippen LogP contribution >= 0.6 is 0 Å². The molecule has 1 heterocycles. The second-order valence-corrected chi connectivity index (χ2v) is 5.92. The first-order chi connectivity index (χ1) is 11.2. The lowest BCUT2D eigenvalue weighted by molar-refractivity contribution is 0.228. The van der Waals surface area contributed by atoms with Crippen molar-refractivity contribution in [3.63, 3.8) is 0 Å². The van der Waals surface area contributed by atoms with Crippen molar-refractivity contribution in [2.24, 2.45) is 5.92 Å². The predicted molar refractivity (Wildman–Crippen MR) is 89.8 cm³/mol. The molecule has 122 valence electrons. The zero-order valence-corrected chi connectivity index (χ0v) is 13.4. The summed E-state index contributed by atoms with van der Waals surface area (Å²) in [5, 5.41) is 0. The fourth-order valence-corrected chi connectivity index (χ4v) is 2.97. The summed E-state index contributed by atoms with van der Waals surface area (Å²) in [5.41, 5.74) is 1.08. The molecule has 23 heavy (non-hydrogen) atoms. The van der Waals surface area contributed by atoms with Gasteiger partial charge in [0.2, 0.25) is 0 Å². The number of halogens is 1. The van der Waals surface area contributed by atoms with Gasteiger partial charge >= 0.3 is 0 Å². The molecule has 0 N–H and O–H groups in total. The van der Waals surface area contributed by atoms with E-state index in [0.717, 1.165) is 43.1 Å². The maximum atomic E-state index is 13.0. The van der Waals surface area contributed by atoms with Gasteiger partial charge in [0.25, 0.3) is 0 Å². The lowest BCUT2D eigenvalue weighted by atomic mass is 9.98. The van der Waals surface area contributed by atoms with Crippen LogP contribution in [0.25, 0.3) is 0 Å². The van der Waals surface area contributed by atoms with Crippen molar-refractivity contribution in [2.75, 3.05) is 31.7 Å². The summed E-state index contributed by atoms with van der Waals surface area (Å²) in [6.07, 6.45) is 2.29. The molecule has 4 heteroatoms. The molecule has 2 aromatic carbocycles. The molecule has 1 saturated heterocycles. The summed E-state index contributed by atoms with van der Waals surface area (Å²) in [6, 6.07) is 14.4. The van der Waals surface area contributed by atoms with E-state index >= 15 is 0 Å². The zero-order chi connectivity index (χ0) is 16.1. The Kier molecular flexibility index (Phi) is 5.01. The summed E-state index contributed by atoms with van der Waals surface area (Å²) in [6.45, 7) is 2.66. The van der Waals surface area contributed by atoms with Crippen molar-refractivity contribution >= 4 is 5.69 Å². The monoisotopic (exact) mass is 315 g/mol. The Labute approximate surface area is 136 Å². The van der Waals surface area contributed by atoms with E-state index in [1.54, 1.807) is 7.11 Å². The molecule has 1 aliphatic heterocycles. The minimum Gasteiger partial charge on any atom is -0.497 e. The molecule has 0 spiro atoms. The topological polar surface area (TPSA) is 21.7 Å². The van der Waals surface area contributed by atoms with Crippen molar-refractivity contribution in [1.29, 1.82) is 0 Å². The number of methoxy groups -OCH3 is 1. The molecule has 0 radical (unpaired) electrons. The highest BCUT2D eigenvalue weighted by Crippen LogP contribution is 2.25. The first-order valence-electron chi connectivity index (χ1n) is 8.02. The fraction of sp³-hybridized carbons (Fsp3) is 0.368. The Balaban J connectivity index is 1.54. The highest BCUT2D eigenvalue weighted by molar-refractivity contribution is 5.46. The van der Waals surface area contributed by atoms with E-state index in [0.29, 0.717) is 12.5 Å². The molecular formula is C19H22FNO2. The molecule has 3 rings (SSSR count). The standard InChI is InChI=1S/C19H22FNO2/c1-22-18-8-10-19(11-9-18)23-14-15-3-2-12-21(13-15)17-6-4-16(20)5-7-17/h4-11,15H,2-3,12-14H2,1H3. The molecular weight excluding hydrogens is 293 g/mol. The van der Waals surface area contributed by atoms with Crippen molar-refractivity contribution in [1.82, 2.24) is 0 Å². The van der Waals surface area contributed by atoms with Crippen molar-refractivity contribution in [2.45, 2.75) is 12.8 Å². The predicted octanol–water partition coefficient (Wildman–Crippen LogP) is 4.13. The summed E-state index contributed by atoms with van der Waals surface area (Å²) in [7, 11) is 1.65. The molecule has 3 nitrogen and oxygen atoms in total. The highest BCUT2D eigenvalue weighted by atomic mass is 19.1. The Morgan fingerprint density at radius 3 is 2.43 bits per heavy atom. The molecule has 0 saturated carbocycles. The molecule has 1 aliphatic rings. The number of hydrogen-bond acceptors (Lipinski definition) is 3. The Morgan fingerprint density at radius 1 is 1.04 bits per heavy atom. The fourth-order valence-electron chi connectivity index (χ4n) is 2.97. The van der Waals surface area contributed by atoms with E-state index in [1.807, 2.05) is 36.4 Å². The second-order valence-electron chi connectivity index (χ2n) is 5.92. The summed E-state index contributed by atoms with van der Waals surface area (Å²) in [4.78, 5) is 2.31. The smallest absolute Gasteiger partial charge is 0.123 e. The van der Waals surface area contributed by atoms with E-state index < -0.39 is 0 Å². The zero-order valence-electron chi connectivity index (χ0n) is 13.4. The minimum absolute atomic E-state index is 0.190. The third kappa shape index (κ3) is 4.15. The van der Waals surface area contributed by atoms with Crippen LogP contribution in [0.1, 0.15) is 12.8 Å². The van der Waals surface area contributed by atoms with Crippen LogP contribution in [0.2, 0.25) is 0 Å². The maximum absolute atomic E-state index is 13.0. The number of ether oxygens (including phenoxy) is 2. The molecule has 0 aliphatic carbocycles. The van der Waals surface area contributed by atoms with Gasteiger partial charge in [-0.25, -0.2) is 4.39 Å². The summed E-state index contributed by atoms with van der Waals surface area (Å²) < 4.78 is 24.1. The number of nitrogens with zero attached hydrogens (tertiary/aromatic N) is 1. The van der Waals surface area contributed by atoms with Gasteiger partial charge in [-0.3, -0.25) is 0 Å². The van der Waals surface area contributed by atoms with E-state index in [9.17, 15) is 4.39 Å². The average molecular weight is 315 g/mol. The average Bonchev–Trinajstić information content (AvgIpc) is 2.61. The summed E-state index contributed by atoms with van der Waals surface area (Å²) in [5.74, 6) is 1.99. The molecule has 0 amide bonds. The maximum Gasteiger partial charge on any atom is 0.123 e. The molecule has 1 unspecified atom stereocenters. The van der Waals surface area contributed by atoms with Gasteiger partial charge in [-0.2, -0.15) is 0 Å². The van der Waals surface area contributed by atoms with Crippen molar-refractivity contribution in [3.8, 4) is 11.5 Å².